The maximum Gasteiger partial charge on any atom is 0.248 e. The Morgan fingerprint density at radius 3 is 2.56 bits per heavy atom. The minimum atomic E-state index is -0.468. The van der Waals surface area contributed by atoms with Crippen LogP contribution in [0.5, 0.6) is 0 Å². The zero-order chi connectivity index (χ0) is 22.5. The van der Waals surface area contributed by atoms with Crippen molar-refractivity contribution in [3.8, 4) is 11.3 Å². The summed E-state index contributed by atoms with van der Waals surface area (Å²) in [4.78, 5) is 37.4. The van der Waals surface area contributed by atoms with Gasteiger partial charge in [0.15, 0.2) is 0 Å². The number of amides is 2. The summed E-state index contributed by atoms with van der Waals surface area (Å²) in [6.45, 7) is 2.20. The highest BCUT2D eigenvalue weighted by atomic mass is 16.5. The predicted molar refractivity (Wildman–Crippen MR) is 121 cm³/mol. The van der Waals surface area contributed by atoms with Crippen LogP contribution in [-0.2, 0) is 9.53 Å². The average Bonchev–Trinajstić information content (AvgIpc) is 2.84. The first-order valence-electron chi connectivity index (χ1n) is 11.3. The predicted octanol–water partition coefficient (Wildman–Crippen LogP) is 2.41. The Balaban J connectivity index is 1.45. The molecular weight excluding hydrogens is 406 g/mol. The Hall–Kier alpha value is -2.84. The van der Waals surface area contributed by atoms with Crippen LogP contribution in [0.15, 0.2) is 36.7 Å². The molecule has 0 radical (unpaired) electrons. The molecule has 8 nitrogen and oxygen atoms in total. The first-order chi connectivity index (χ1) is 15.5. The van der Waals surface area contributed by atoms with Crippen molar-refractivity contribution in [2.45, 2.75) is 44.2 Å². The third-order valence-electron chi connectivity index (χ3n) is 6.50. The van der Waals surface area contributed by atoms with Gasteiger partial charge in [0.2, 0.25) is 11.8 Å². The van der Waals surface area contributed by atoms with Gasteiger partial charge in [-0.05, 0) is 25.0 Å². The number of nitrogens with zero attached hydrogens (tertiary/aromatic N) is 4. The fraction of sp³-hybridized carbons (Fsp3) is 0.500. The standard InChI is InChI=1S/C24H31N5O3/c1-28(19-5-3-2-4-6-19)21(30)16-29-13-14-32-20(15-29)23-22(26-11-12-27-23)17-7-9-18(10-8-17)24(25)31/h7-12,19-20H,2-6,13-16H2,1H3,(H2,25,31). The number of ether oxygens (including phenoxy) is 1. The van der Waals surface area contributed by atoms with Crippen molar-refractivity contribution >= 4 is 11.8 Å². The molecule has 170 valence electrons. The molecule has 2 N–H and O–H groups in total. The lowest BCUT2D eigenvalue weighted by atomic mass is 9.94. The topological polar surface area (TPSA) is 102 Å². The smallest absolute Gasteiger partial charge is 0.248 e. The van der Waals surface area contributed by atoms with Gasteiger partial charge in [-0.25, -0.2) is 0 Å². The number of hydrogen-bond acceptors (Lipinski definition) is 6. The minimum absolute atomic E-state index is 0.166. The fourth-order valence-corrected chi connectivity index (χ4v) is 4.59. The van der Waals surface area contributed by atoms with E-state index in [0.717, 1.165) is 24.1 Å². The second kappa shape index (κ2) is 10.2. The first-order valence-corrected chi connectivity index (χ1v) is 11.3. The van der Waals surface area contributed by atoms with E-state index in [0.29, 0.717) is 43.5 Å². The van der Waals surface area contributed by atoms with E-state index < -0.39 is 5.91 Å². The van der Waals surface area contributed by atoms with E-state index in [9.17, 15) is 9.59 Å². The van der Waals surface area contributed by atoms with Crippen molar-refractivity contribution in [3.63, 3.8) is 0 Å². The zero-order valence-corrected chi connectivity index (χ0v) is 18.6. The molecule has 2 fully saturated rings. The first kappa shape index (κ1) is 22.4. The van der Waals surface area contributed by atoms with Crippen molar-refractivity contribution in [1.29, 1.82) is 0 Å². The Morgan fingerprint density at radius 2 is 1.84 bits per heavy atom. The molecular formula is C24H31N5O3. The monoisotopic (exact) mass is 437 g/mol. The number of hydrogen-bond donors (Lipinski definition) is 1. The summed E-state index contributed by atoms with van der Waals surface area (Å²) in [6.07, 6.45) is 8.91. The normalized spacial score (nSPS) is 20.1. The van der Waals surface area contributed by atoms with Gasteiger partial charge < -0.3 is 15.4 Å². The minimum Gasteiger partial charge on any atom is -0.369 e. The maximum absolute atomic E-state index is 12.9. The number of aromatic nitrogens is 2. The average molecular weight is 438 g/mol. The molecule has 2 aromatic rings. The molecule has 32 heavy (non-hydrogen) atoms. The molecule has 2 amide bonds. The molecule has 0 spiro atoms. The van der Waals surface area contributed by atoms with Gasteiger partial charge in [0.05, 0.1) is 24.5 Å². The van der Waals surface area contributed by atoms with E-state index in [1.807, 2.05) is 24.1 Å². The molecule has 1 unspecified atom stereocenters. The number of carbonyl (C=O) groups is 2. The molecule has 1 aliphatic heterocycles. The number of likely N-dealkylation sites (N-methyl/N-ethyl adjacent to an activating group) is 1. The lowest BCUT2D eigenvalue weighted by Gasteiger charge is -2.36. The lowest BCUT2D eigenvalue weighted by Crippen LogP contribution is -2.47. The molecule has 1 saturated carbocycles. The zero-order valence-electron chi connectivity index (χ0n) is 18.6. The Kier molecular flexibility index (Phi) is 7.12. The summed E-state index contributed by atoms with van der Waals surface area (Å²) in [7, 11) is 1.94. The lowest BCUT2D eigenvalue weighted by molar-refractivity contribution is -0.135. The van der Waals surface area contributed by atoms with Crippen molar-refractivity contribution in [2.75, 3.05) is 33.3 Å². The van der Waals surface area contributed by atoms with Crippen molar-refractivity contribution in [1.82, 2.24) is 19.8 Å². The Labute approximate surface area is 188 Å². The van der Waals surface area contributed by atoms with Gasteiger partial charge >= 0.3 is 0 Å². The highest BCUT2D eigenvalue weighted by molar-refractivity contribution is 5.93. The summed E-state index contributed by atoms with van der Waals surface area (Å²) < 4.78 is 6.03. The van der Waals surface area contributed by atoms with Gasteiger partial charge in [0.25, 0.3) is 0 Å². The highest BCUT2D eigenvalue weighted by Gasteiger charge is 2.29. The molecule has 1 saturated heterocycles. The second-order valence-corrected chi connectivity index (χ2v) is 8.62. The van der Waals surface area contributed by atoms with Gasteiger partial charge in [-0.1, -0.05) is 31.4 Å². The summed E-state index contributed by atoms with van der Waals surface area (Å²) in [6, 6.07) is 7.37. The van der Waals surface area contributed by atoms with E-state index in [-0.39, 0.29) is 12.0 Å². The van der Waals surface area contributed by atoms with Crippen LogP contribution in [-0.4, -0.2) is 70.9 Å². The molecule has 8 heteroatoms. The molecule has 1 aromatic carbocycles. The van der Waals surface area contributed by atoms with E-state index >= 15 is 0 Å². The van der Waals surface area contributed by atoms with E-state index in [2.05, 4.69) is 14.9 Å². The van der Waals surface area contributed by atoms with Gasteiger partial charge in [-0.2, -0.15) is 0 Å². The van der Waals surface area contributed by atoms with Crippen molar-refractivity contribution < 1.29 is 14.3 Å². The van der Waals surface area contributed by atoms with E-state index in [4.69, 9.17) is 10.5 Å². The second-order valence-electron chi connectivity index (χ2n) is 8.62. The molecule has 1 aromatic heterocycles. The van der Waals surface area contributed by atoms with Gasteiger partial charge in [0.1, 0.15) is 6.10 Å². The van der Waals surface area contributed by atoms with E-state index in [1.54, 1.807) is 24.5 Å². The molecule has 4 rings (SSSR count). The fourth-order valence-electron chi connectivity index (χ4n) is 4.59. The van der Waals surface area contributed by atoms with Crippen LogP contribution in [0.1, 0.15) is 54.3 Å². The van der Waals surface area contributed by atoms with Gasteiger partial charge in [-0.15, -0.1) is 0 Å². The molecule has 0 bridgehead atoms. The largest absolute Gasteiger partial charge is 0.369 e. The summed E-state index contributed by atoms with van der Waals surface area (Å²) >= 11 is 0. The summed E-state index contributed by atoms with van der Waals surface area (Å²) in [5.41, 5.74) is 8.08. The van der Waals surface area contributed by atoms with Crippen LogP contribution < -0.4 is 5.73 Å². The van der Waals surface area contributed by atoms with Gasteiger partial charge in [-0.3, -0.25) is 24.5 Å². The van der Waals surface area contributed by atoms with Crippen LogP contribution in [0.3, 0.4) is 0 Å². The quantitative estimate of drug-likeness (QED) is 0.745. The number of nitrogens with two attached hydrogens (primary N) is 1. The summed E-state index contributed by atoms with van der Waals surface area (Å²) in [5, 5.41) is 0. The summed E-state index contributed by atoms with van der Waals surface area (Å²) in [5.74, 6) is -0.302. The Morgan fingerprint density at radius 1 is 1.12 bits per heavy atom. The van der Waals surface area contributed by atoms with Crippen molar-refractivity contribution in [2.24, 2.45) is 5.73 Å². The number of morpholine rings is 1. The number of benzene rings is 1. The molecule has 1 atom stereocenters. The molecule has 1 aliphatic carbocycles. The van der Waals surface area contributed by atoms with Crippen LogP contribution in [0.25, 0.3) is 11.3 Å². The van der Waals surface area contributed by atoms with Crippen LogP contribution in [0, 0.1) is 0 Å². The SMILES string of the molecule is CN(C(=O)CN1CCOC(c2nccnc2-c2ccc(C(N)=O)cc2)C1)C1CCCCC1. The Bertz CT molecular complexity index is 943. The van der Waals surface area contributed by atoms with Crippen LogP contribution in [0.4, 0.5) is 0 Å². The van der Waals surface area contributed by atoms with Crippen molar-refractivity contribution in [3.05, 3.63) is 47.9 Å². The molecule has 2 heterocycles. The van der Waals surface area contributed by atoms with Crippen LogP contribution >= 0.6 is 0 Å². The number of rotatable bonds is 6. The third kappa shape index (κ3) is 5.14. The number of carbonyl (C=O) groups excluding carboxylic acids is 2. The third-order valence-corrected chi connectivity index (χ3v) is 6.50. The number of primary amides is 1. The van der Waals surface area contributed by atoms with E-state index in [1.165, 1.54) is 19.3 Å². The van der Waals surface area contributed by atoms with Crippen LogP contribution in [0.2, 0.25) is 0 Å². The maximum atomic E-state index is 12.9. The highest BCUT2D eigenvalue weighted by Crippen LogP contribution is 2.29. The molecule has 2 aliphatic rings. The van der Waals surface area contributed by atoms with Gasteiger partial charge in [0, 0.05) is 49.7 Å².